The van der Waals surface area contributed by atoms with Crippen LogP contribution in [0.5, 0.6) is 0 Å². The van der Waals surface area contributed by atoms with Crippen LogP contribution >= 0.6 is 12.2 Å². The van der Waals surface area contributed by atoms with Crippen molar-refractivity contribution in [1.29, 1.82) is 0 Å². The van der Waals surface area contributed by atoms with Gasteiger partial charge in [0, 0.05) is 5.69 Å². The predicted octanol–water partition coefficient (Wildman–Crippen LogP) is 4.45. The summed E-state index contributed by atoms with van der Waals surface area (Å²) in [5.74, 6) is 0.576. The summed E-state index contributed by atoms with van der Waals surface area (Å²) in [6.45, 7) is 0.121. The molecule has 1 heterocycles. The molecule has 4 nitrogen and oxygen atoms in total. The first-order valence-corrected chi connectivity index (χ1v) is 8.56. The number of thiocarbonyl (C=S) groups is 1. The van der Waals surface area contributed by atoms with E-state index in [1.165, 1.54) is 18.4 Å². The van der Waals surface area contributed by atoms with Crippen molar-refractivity contribution >= 4 is 23.0 Å². The number of nitrogens with one attached hydrogen (secondary N) is 2. The number of rotatable bonds is 5. The second kappa shape index (κ2) is 8.30. The molecule has 0 radical (unpaired) electrons. The first-order valence-electron chi connectivity index (χ1n) is 8.15. The molecule has 2 aromatic carbocycles. The van der Waals surface area contributed by atoms with Crippen LogP contribution in [0, 0.1) is 0 Å². The molecule has 2 N–H and O–H groups in total. The molecule has 1 unspecified atom stereocenters. The van der Waals surface area contributed by atoms with Crippen LogP contribution < -0.4 is 10.6 Å². The molecule has 1 atom stereocenters. The highest BCUT2D eigenvalue weighted by Crippen LogP contribution is 2.30. The summed E-state index contributed by atoms with van der Waals surface area (Å²) < 4.78 is 49.1. The van der Waals surface area contributed by atoms with E-state index >= 15 is 0 Å². The highest BCUT2D eigenvalue weighted by molar-refractivity contribution is 7.80. The van der Waals surface area contributed by atoms with Gasteiger partial charge in [0.25, 0.3) is 0 Å². The summed E-state index contributed by atoms with van der Waals surface area (Å²) in [5, 5.41) is 6.06. The average Bonchev–Trinajstić information content (AvgIpc) is 3.16. The summed E-state index contributed by atoms with van der Waals surface area (Å²) in [5.41, 5.74) is 0.554. The van der Waals surface area contributed by atoms with Crippen LogP contribution in [0.25, 0.3) is 0 Å². The molecule has 0 saturated carbocycles. The number of ether oxygens (including phenoxy) is 2. The van der Waals surface area contributed by atoms with Crippen LogP contribution in [-0.2, 0) is 22.1 Å². The highest BCUT2D eigenvalue weighted by atomic mass is 32.1. The van der Waals surface area contributed by atoms with Gasteiger partial charge in [0.15, 0.2) is 10.9 Å². The minimum atomic E-state index is -4.41. The van der Waals surface area contributed by atoms with Gasteiger partial charge in [-0.25, -0.2) is 0 Å². The zero-order valence-electron chi connectivity index (χ0n) is 14.1. The predicted molar refractivity (Wildman–Crippen MR) is 99.9 cm³/mol. The smallest absolute Gasteiger partial charge is 0.416 e. The van der Waals surface area contributed by atoms with Crippen LogP contribution in [-0.4, -0.2) is 17.9 Å². The summed E-state index contributed by atoms with van der Waals surface area (Å²) in [7, 11) is 0. The Kier molecular flexibility index (Phi) is 5.85. The van der Waals surface area contributed by atoms with Gasteiger partial charge in [-0.1, -0.05) is 36.4 Å². The molecule has 0 aliphatic carbocycles. The number of hydrogen-bond acceptors (Lipinski definition) is 3. The van der Waals surface area contributed by atoms with E-state index in [0.29, 0.717) is 12.2 Å². The average molecular weight is 394 g/mol. The molecule has 0 fully saturated rings. The van der Waals surface area contributed by atoms with E-state index in [-0.39, 0.29) is 23.6 Å². The van der Waals surface area contributed by atoms with Crippen molar-refractivity contribution in [2.45, 2.75) is 18.6 Å². The quantitative estimate of drug-likeness (QED) is 0.734. The molecule has 0 saturated heterocycles. The first-order chi connectivity index (χ1) is 12.9. The van der Waals surface area contributed by atoms with Gasteiger partial charge in [-0.05, 0) is 42.4 Å². The van der Waals surface area contributed by atoms with E-state index in [9.17, 15) is 13.2 Å². The number of halogens is 3. The lowest BCUT2D eigenvalue weighted by atomic mass is 10.0. The minimum absolute atomic E-state index is 0.121. The Morgan fingerprint density at radius 1 is 1.11 bits per heavy atom. The van der Waals surface area contributed by atoms with Crippen LogP contribution in [0.3, 0.4) is 0 Å². The summed E-state index contributed by atoms with van der Waals surface area (Å²) in [6, 6.07) is 14.2. The van der Waals surface area contributed by atoms with Crippen molar-refractivity contribution in [3.05, 3.63) is 77.7 Å². The number of anilines is 1. The SMILES string of the molecule is FC(F)(F)c1cccc(NC(=S)NC(Cc2ccccc2)C2=COCO2)c1. The molecule has 1 aliphatic rings. The third-order valence-electron chi connectivity index (χ3n) is 3.87. The standard InChI is InChI=1S/C19H17F3N2O2S/c20-19(21,22)14-7-4-8-15(10-14)23-18(27)24-16(17-11-25-12-26-17)9-13-5-2-1-3-6-13/h1-8,10-11,16H,9,12H2,(H2,23,24,27). The molecule has 0 amide bonds. The van der Waals surface area contributed by atoms with E-state index in [2.05, 4.69) is 10.6 Å². The third-order valence-corrected chi connectivity index (χ3v) is 4.09. The molecule has 8 heteroatoms. The monoisotopic (exact) mass is 394 g/mol. The third kappa shape index (κ3) is 5.37. The highest BCUT2D eigenvalue weighted by Gasteiger charge is 2.30. The molecule has 2 aromatic rings. The minimum Gasteiger partial charge on any atom is -0.462 e. The summed E-state index contributed by atoms with van der Waals surface area (Å²) in [4.78, 5) is 0. The molecular formula is C19H17F3N2O2S. The van der Waals surface area contributed by atoms with Crippen LogP contribution in [0.1, 0.15) is 11.1 Å². The topological polar surface area (TPSA) is 42.5 Å². The second-order valence-electron chi connectivity index (χ2n) is 5.87. The van der Waals surface area contributed by atoms with Gasteiger partial charge in [0.1, 0.15) is 6.26 Å². The molecule has 142 valence electrons. The van der Waals surface area contributed by atoms with E-state index < -0.39 is 11.7 Å². The van der Waals surface area contributed by atoms with Crippen molar-refractivity contribution in [2.75, 3.05) is 12.1 Å². The fraction of sp³-hybridized carbons (Fsp3) is 0.211. The zero-order valence-corrected chi connectivity index (χ0v) is 14.9. The molecule has 0 spiro atoms. The Hall–Kier alpha value is -2.74. The Balaban J connectivity index is 1.69. The Morgan fingerprint density at radius 2 is 1.89 bits per heavy atom. The zero-order chi connectivity index (χ0) is 19.3. The summed E-state index contributed by atoms with van der Waals surface area (Å²) >= 11 is 5.27. The van der Waals surface area contributed by atoms with E-state index in [4.69, 9.17) is 21.7 Å². The van der Waals surface area contributed by atoms with Crippen molar-refractivity contribution in [1.82, 2.24) is 5.32 Å². The number of alkyl halides is 3. The lowest BCUT2D eigenvalue weighted by Crippen LogP contribution is -2.40. The largest absolute Gasteiger partial charge is 0.462 e. The molecule has 27 heavy (non-hydrogen) atoms. The van der Waals surface area contributed by atoms with Gasteiger partial charge in [0.05, 0.1) is 11.6 Å². The van der Waals surface area contributed by atoms with Gasteiger partial charge in [-0.15, -0.1) is 0 Å². The Bertz CT molecular complexity index is 825. The van der Waals surface area contributed by atoms with Crippen LogP contribution in [0.15, 0.2) is 66.6 Å². The van der Waals surface area contributed by atoms with Gasteiger partial charge in [0.2, 0.25) is 6.79 Å². The lowest BCUT2D eigenvalue weighted by molar-refractivity contribution is -0.137. The van der Waals surface area contributed by atoms with Crippen molar-refractivity contribution < 1.29 is 22.6 Å². The normalized spacial score (nSPS) is 14.6. The van der Waals surface area contributed by atoms with Crippen LogP contribution in [0.2, 0.25) is 0 Å². The Morgan fingerprint density at radius 3 is 2.56 bits per heavy atom. The number of hydrogen-bond donors (Lipinski definition) is 2. The fourth-order valence-corrected chi connectivity index (χ4v) is 2.87. The maximum absolute atomic E-state index is 12.8. The molecule has 3 rings (SSSR count). The van der Waals surface area contributed by atoms with Gasteiger partial charge in [-0.3, -0.25) is 0 Å². The fourth-order valence-electron chi connectivity index (χ4n) is 2.61. The maximum atomic E-state index is 12.8. The van der Waals surface area contributed by atoms with E-state index in [1.807, 2.05) is 30.3 Å². The van der Waals surface area contributed by atoms with Crippen LogP contribution in [0.4, 0.5) is 18.9 Å². The molecule has 0 aromatic heterocycles. The van der Waals surface area contributed by atoms with E-state index in [1.54, 1.807) is 0 Å². The maximum Gasteiger partial charge on any atom is 0.416 e. The van der Waals surface area contributed by atoms with Gasteiger partial charge >= 0.3 is 6.18 Å². The second-order valence-corrected chi connectivity index (χ2v) is 6.28. The van der Waals surface area contributed by atoms with Gasteiger partial charge < -0.3 is 20.1 Å². The lowest BCUT2D eigenvalue weighted by Gasteiger charge is -2.21. The number of benzene rings is 2. The van der Waals surface area contributed by atoms with Crippen molar-refractivity contribution in [3.8, 4) is 0 Å². The Labute approximate surface area is 160 Å². The van der Waals surface area contributed by atoms with E-state index in [0.717, 1.165) is 17.7 Å². The van der Waals surface area contributed by atoms with Crippen molar-refractivity contribution in [3.63, 3.8) is 0 Å². The van der Waals surface area contributed by atoms with Gasteiger partial charge in [-0.2, -0.15) is 13.2 Å². The molecule has 1 aliphatic heterocycles. The molecule has 0 bridgehead atoms. The first kappa shape index (κ1) is 19.0. The summed E-state index contributed by atoms with van der Waals surface area (Å²) in [6.07, 6.45) is -2.34. The van der Waals surface area contributed by atoms with Crippen molar-refractivity contribution in [2.24, 2.45) is 0 Å². The molecular weight excluding hydrogens is 377 g/mol.